The van der Waals surface area contributed by atoms with Gasteiger partial charge in [-0.05, 0) is 38.8 Å². The van der Waals surface area contributed by atoms with E-state index in [0.717, 1.165) is 5.57 Å². The number of ether oxygens (including phenoxy) is 1. The molecule has 1 heterocycles. The summed E-state index contributed by atoms with van der Waals surface area (Å²) in [6, 6.07) is 0. The predicted octanol–water partition coefficient (Wildman–Crippen LogP) is 1.97. The van der Waals surface area contributed by atoms with E-state index in [1.807, 2.05) is 32.1 Å². The maximum atomic E-state index is 10.3. The molecule has 0 aromatic carbocycles. The molecule has 0 aromatic heterocycles. The van der Waals surface area contributed by atoms with E-state index in [1.165, 1.54) is 0 Å². The van der Waals surface area contributed by atoms with Crippen LogP contribution in [0.4, 0.5) is 0 Å². The van der Waals surface area contributed by atoms with Gasteiger partial charge < -0.3 is 14.9 Å². The molecule has 0 aliphatic carbocycles. The van der Waals surface area contributed by atoms with Crippen LogP contribution in [-0.2, 0) is 4.74 Å². The van der Waals surface area contributed by atoms with E-state index in [1.54, 1.807) is 19.1 Å². The fourth-order valence-corrected chi connectivity index (χ4v) is 2.10. The molecule has 0 spiro atoms. The van der Waals surface area contributed by atoms with Crippen LogP contribution in [0, 0.1) is 0 Å². The summed E-state index contributed by atoms with van der Waals surface area (Å²) in [5.74, 6) is 0. The molecular formula is C14H22O3. The van der Waals surface area contributed by atoms with Crippen molar-refractivity contribution in [3.8, 4) is 0 Å². The molecule has 2 N–H and O–H groups in total. The summed E-state index contributed by atoms with van der Waals surface area (Å²) < 4.78 is 5.66. The summed E-state index contributed by atoms with van der Waals surface area (Å²) in [6.45, 7) is 5.96. The number of hydrogen-bond acceptors (Lipinski definition) is 3. The average Bonchev–Trinajstić information content (AvgIpc) is 2.31. The maximum absolute atomic E-state index is 10.3. The largest absolute Gasteiger partial charge is 0.390 e. The lowest BCUT2D eigenvalue weighted by Gasteiger charge is -2.42. The first-order valence-corrected chi connectivity index (χ1v) is 6.04. The normalized spacial score (nSPS) is 34.9. The highest BCUT2D eigenvalue weighted by molar-refractivity contribution is 5.25. The Balaban J connectivity index is 3.05. The van der Waals surface area contributed by atoms with Crippen molar-refractivity contribution < 1.29 is 14.9 Å². The second-order valence-corrected chi connectivity index (χ2v) is 4.28. The minimum absolute atomic E-state index is 0.516. The summed E-state index contributed by atoms with van der Waals surface area (Å²) >= 11 is 0. The first-order valence-electron chi connectivity index (χ1n) is 6.04. The second-order valence-electron chi connectivity index (χ2n) is 4.28. The summed E-state index contributed by atoms with van der Waals surface area (Å²) in [4.78, 5) is 0. The molecule has 1 aliphatic heterocycles. The van der Waals surface area contributed by atoms with Gasteiger partial charge in [0, 0.05) is 0 Å². The number of aliphatic hydroxyl groups excluding tert-OH is 2. The summed E-state index contributed by atoms with van der Waals surface area (Å²) in [5, 5.41) is 20.2. The Bertz CT molecular complexity index is 328. The van der Waals surface area contributed by atoms with Crippen molar-refractivity contribution in [1.82, 2.24) is 0 Å². The fourth-order valence-electron chi connectivity index (χ4n) is 2.10. The Morgan fingerprint density at radius 3 is 2.65 bits per heavy atom. The van der Waals surface area contributed by atoms with Gasteiger partial charge in [0.2, 0.25) is 0 Å². The molecule has 96 valence electrons. The van der Waals surface area contributed by atoms with Gasteiger partial charge in [-0.15, -0.1) is 0 Å². The molecule has 0 amide bonds. The molecule has 17 heavy (non-hydrogen) atoms. The van der Waals surface area contributed by atoms with Gasteiger partial charge >= 0.3 is 0 Å². The van der Waals surface area contributed by atoms with E-state index < -0.39 is 17.8 Å². The summed E-state index contributed by atoms with van der Waals surface area (Å²) in [5.41, 5.74) is -0.109. The highest BCUT2D eigenvalue weighted by Crippen LogP contribution is 2.33. The molecule has 1 rings (SSSR count). The molecule has 0 saturated carbocycles. The van der Waals surface area contributed by atoms with Crippen molar-refractivity contribution in [3.63, 3.8) is 0 Å². The summed E-state index contributed by atoms with van der Waals surface area (Å²) in [7, 11) is 0. The van der Waals surface area contributed by atoms with Crippen molar-refractivity contribution in [3.05, 3.63) is 36.0 Å². The molecule has 1 aliphatic rings. The van der Waals surface area contributed by atoms with Crippen molar-refractivity contribution in [2.24, 2.45) is 0 Å². The van der Waals surface area contributed by atoms with Gasteiger partial charge in [-0.1, -0.05) is 24.3 Å². The van der Waals surface area contributed by atoms with E-state index in [-0.39, 0.29) is 0 Å². The van der Waals surface area contributed by atoms with Crippen LogP contribution in [-0.4, -0.2) is 34.6 Å². The third kappa shape index (κ3) is 2.86. The third-order valence-corrected chi connectivity index (χ3v) is 3.21. The Morgan fingerprint density at radius 2 is 2.12 bits per heavy atom. The zero-order valence-corrected chi connectivity index (χ0v) is 10.8. The van der Waals surface area contributed by atoms with Crippen LogP contribution >= 0.6 is 0 Å². The first-order chi connectivity index (χ1) is 8.08. The van der Waals surface area contributed by atoms with Crippen molar-refractivity contribution in [2.45, 2.75) is 45.0 Å². The second kappa shape index (κ2) is 6.15. The van der Waals surface area contributed by atoms with E-state index in [0.29, 0.717) is 13.0 Å². The SMILES string of the molecule is CC=CC=CC1(C(C)O)OCCC(=CC)C1O. The molecule has 1 fully saturated rings. The Labute approximate surface area is 103 Å². The molecular weight excluding hydrogens is 216 g/mol. The van der Waals surface area contributed by atoms with Crippen LogP contribution in [0.5, 0.6) is 0 Å². The van der Waals surface area contributed by atoms with Crippen LogP contribution in [0.2, 0.25) is 0 Å². The van der Waals surface area contributed by atoms with Crippen molar-refractivity contribution >= 4 is 0 Å². The molecule has 3 atom stereocenters. The topological polar surface area (TPSA) is 49.7 Å². The van der Waals surface area contributed by atoms with E-state index >= 15 is 0 Å². The Kier molecular flexibility index (Phi) is 5.12. The first kappa shape index (κ1) is 14.2. The van der Waals surface area contributed by atoms with E-state index in [4.69, 9.17) is 4.74 Å². The van der Waals surface area contributed by atoms with Crippen molar-refractivity contribution in [1.29, 1.82) is 0 Å². The number of allylic oxidation sites excluding steroid dienone is 4. The molecule has 3 unspecified atom stereocenters. The zero-order valence-electron chi connectivity index (χ0n) is 10.8. The average molecular weight is 238 g/mol. The fraction of sp³-hybridized carbons (Fsp3) is 0.571. The molecule has 1 saturated heterocycles. The van der Waals surface area contributed by atoms with Gasteiger partial charge in [-0.3, -0.25) is 0 Å². The Morgan fingerprint density at radius 1 is 1.41 bits per heavy atom. The third-order valence-electron chi connectivity index (χ3n) is 3.21. The quantitative estimate of drug-likeness (QED) is 0.584. The van der Waals surface area contributed by atoms with Gasteiger partial charge in [0.1, 0.15) is 11.7 Å². The summed E-state index contributed by atoms with van der Waals surface area (Å²) in [6.07, 6.45) is 8.33. The van der Waals surface area contributed by atoms with Crippen LogP contribution < -0.4 is 0 Å². The van der Waals surface area contributed by atoms with Gasteiger partial charge in [-0.25, -0.2) is 0 Å². The van der Waals surface area contributed by atoms with E-state index in [2.05, 4.69) is 0 Å². The highest BCUT2D eigenvalue weighted by Gasteiger charge is 2.45. The molecule has 3 nitrogen and oxygen atoms in total. The predicted molar refractivity (Wildman–Crippen MR) is 68.7 cm³/mol. The minimum Gasteiger partial charge on any atom is -0.390 e. The number of hydrogen-bond donors (Lipinski definition) is 2. The lowest BCUT2D eigenvalue weighted by Crippen LogP contribution is -2.55. The maximum Gasteiger partial charge on any atom is 0.142 e. The monoisotopic (exact) mass is 238 g/mol. The zero-order chi connectivity index (χ0) is 12.9. The van der Waals surface area contributed by atoms with Crippen LogP contribution in [0.3, 0.4) is 0 Å². The minimum atomic E-state index is -1.03. The lowest BCUT2D eigenvalue weighted by atomic mass is 9.82. The molecule has 0 aromatic rings. The molecule has 3 heteroatoms. The lowest BCUT2D eigenvalue weighted by molar-refractivity contribution is -0.152. The van der Waals surface area contributed by atoms with Crippen molar-refractivity contribution in [2.75, 3.05) is 6.61 Å². The van der Waals surface area contributed by atoms with Crippen LogP contribution in [0.25, 0.3) is 0 Å². The molecule has 0 radical (unpaired) electrons. The van der Waals surface area contributed by atoms with Crippen LogP contribution in [0.1, 0.15) is 27.2 Å². The molecule has 0 bridgehead atoms. The standard InChI is InChI=1S/C14H22O3/c1-4-6-7-9-14(11(3)15)13(16)12(5-2)8-10-17-14/h4-7,9,11,13,15-16H,8,10H2,1-3H3. The van der Waals surface area contributed by atoms with Gasteiger partial charge in [-0.2, -0.15) is 0 Å². The van der Waals surface area contributed by atoms with E-state index in [9.17, 15) is 10.2 Å². The van der Waals surface area contributed by atoms with Crippen LogP contribution in [0.15, 0.2) is 36.0 Å². The van der Waals surface area contributed by atoms with Gasteiger partial charge in [0.25, 0.3) is 0 Å². The van der Waals surface area contributed by atoms with Gasteiger partial charge in [0.05, 0.1) is 12.7 Å². The Hall–Kier alpha value is -0.900. The number of rotatable bonds is 3. The van der Waals surface area contributed by atoms with Gasteiger partial charge in [0.15, 0.2) is 0 Å². The smallest absolute Gasteiger partial charge is 0.142 e. The highest BCUT2D eigenvalue weighted by atomic mass is 16.5. The number of aliphatic hydroxyl groups is 2.